The number of nitrogens with two attached hydrogens (primary N) is 2. The molecule has 0 aromatic rings. The number of hydrogen-bond donors (Lipinski definition) is 2. The lowest BCUT2D eigenvalue weighted by atomic mass is 9.99. The van der Waals surface area contributed by atoms with Gasteiger partial charge in [-0.15, -0.1) is 0 Å². The Labute approximate surface area is 126 Å². The minimum atomic E-state index is -0.820. The van der Waals surface area contributed by atoms with E-state index in [1.165, 1.54) is 14.2 Å². The maximum atomic E-state index is 11.3. The van der Waals surface area contributed by atoms with Crippen LogP contribution in [0.15, 0.2) is 10.2 Å². The Morgan fingerprint density at radius 3 is 1.55 bits per heavy atom. The fraction of sp³-hybridized carbons (Fsp3) is 0.667. The monoisotopic (exact) mass is 314 g/mol. The van der Waals surface area contributed by atoms with E-state index in [9.17, 15) is 9.59 Å². The summed E-state index contributed by atoms with van der Waals surface area (Å²) in [5, 5.41) is 7.44. The minimum Gasteiger partial charge on any atom is -0.438 e. The van der Waals surface area contributed by atoms with Crippen molar-refractivity contribution in [3.05, 3.63) is 0 Å². The molecular weight excluding hydrogens is 296 g/mol. The van der Waals surface area contributed by atoms with Gasteiger partial charge in [0.05, 0.1) is 25.6 Å². The second-order valence-electron chi connectivity index (χ2n) is 4.91. The van der Waals surface area contributed by atoms with Crippen molar-refractivity contribution in [1.82, 2.24) is 0 Å². The van der Waals surface area contributed by atoms with Gasteiger partial charge < -0.3 is 30.6 Å². The third-order valence-corrected chi connectivity index (χ3v) is 3.95. The second kappa shape index (κ2) is 6.50. The molecule has 0 aliphatic heterocycles. The van der Waals surface area contributed by atoms with Gasteiger partial charge in [-0.2, -0.15) is 10.2 Å². The Balaban J connectivity index is 2.15. The molecule has 2 aliphatic carbocycles. The lowest BCUT2D eigenvalue weighted by Gasteiger charge is -2.17. The zero-order valence-corrected chi connectivity index (χ0v) is 12.2. The van der Waals surface area contributed by atoms with Crippen LogP contribution in [0.1, 0.15) is 12.8 Å². The Morgan fingerprint density at radius 2 is 1.27 bits per heavy atom. The summed E-state index contributed by atoms with van der Waals surface area (Å²) in [6, 6.07) is 0. The number of hydrogen-bond acceptors (Lipinski definition) is 10. The highest BCUT2D eigenvalue weighted by Gasteiger charge is 2.53. The van der Waals surface area contributed by atoms with Crippen molar-refractivity contribution in [2.45, 2.75) is 25.0 Å². The van der Waals surface area contributed by atoms with Crippen molar-refractivity contribution in [3.63, 3.8) is 0 Å². The van der Waals surface area contributed by atoms with Crippen molar-refractivity contribution in [3.8, 4) is 0 Å². The number of nitrogens with zero attached hydrogens (tertiary/aromatic N) is 2. The van der Waals surface area contributed by atoms with Gasteiger partial charge >= 0.3 is 12.3 Å². The summed E-state index contributed by atoms with van der Waals surface area (Å²) >= 11 is 0. The molecule has 10 heteroatoms. The van der Waals surface area contributed by atoms with Crippen LogP contribution in [0, 0.1) is 11.8 Å². The first kappa shape index (κ1) is 15.9. The van der Waals surface area contributed by atoms with Crippen LogP contribution in [-0.4, -0.2) is 50.2 Å². The first-order valence-electron chi connectivity index (χ1n) is 6.60. The summed E-state index contributed by atoms with van der Waals surface area (Å²) in [6.07, 6.45) is -2.06. The Kier molecular flexibility index (Phi) is 4.68. The molecule has 22 heavy (non-hydrogen) atoms. The van der Waals surface area contributed by atoms with Gasteiger partial charge in [-0.1, -0.05) is 0 Å². The molecule has 0 bridgehead atoms. The number of rotatable bonds is 2. The van der Waals surface area contributed by atoms with E-state index in [0.29, 0.717) is 24.3 Å². The highest BCUT2D eigenvalue weighted by atomic mass is 16.7. The van der Waals surface area contributed by atoms with Gasteiger partial charge in [-0.05, 0) is 12.8 Å². The zero-order valence-electron chi connectivity index (χ0n) is 12.2. The third-order valence-electron chi connectivity index (χ3n) is 3.95. The summed E-state index contributed by atoms with van der Waals surface area (Å²) in [6.45, 7) is 0. The zero-order chi connectivity index (χ0) is 16.3. The van der Waals surface area contributed by atoms with Crippen LogP contribution >= 0.6 is 0 Å². The second-order valence-corrected chi connectivity index (χ2v) is 4.91. The molecule has 0 spiro atoms. The maximum absolute atomic E-state index is 11.3. The van der Waals surface area contributed by atoms with Crippen LogP contribution in [0.25, 0.3) is 0 Å². The summed E-state index contributed by atoms with van der Waals surface area (Å²) in [7, 11) is 2.43. The minimum absolute atomic E-state index is 0.170. The number of fused-ring (bicyclic) bond motifs is 1. The lowest BCUT2D eigenvalue weighted by Crippen LogP contribution is -2.30. The summed E-state index contributed by atoms with van der Waals surface area (Å²) in [4.78, 5) is 22.5. The fourth-order valence-electron chi connectivity index (χ4n) is 3.07. The van der Waals surface area contributed by atoms with Gasteiger partial charge in [0.15, 0.2) is 0 Å². The van der Waals surface area contributed by atoms with Crippen molar-refractivity contribution < 1.29 is 28.5 Å². The van der Waals surface area contributed by atoms with Crippen LogP contribution < -0.4 is 11.7 Å². The lowest BCUT2D eigenvalue weighted by molar-refractivity contribution is 0.0549. The molecule has 4 atom stereocenters. The van der Waals surface area contributed by atoms with Gasteiger partial charge in [0.25, 0.3) is 0 Å². The predicted molar refractivity (Wildman–Crippen MR) is 74.0 cm³/mol. The molecule has 0 amide bonds. The first-order valence-corrected chi connectivity index (χ1v) is 6.60. The average molecular weight is 314 g/mol. The van der Waals surface area contributed by atoms with E-state index >= 15 is 0 Å². The molecule has 4 N–H and O–H groups in total. The summed E-state index contributed by atoms with van der Waals surface area (Å²) in [5.74, 6) is 10.5. The van der Waals surface area contributed by atoms with E-state index in [2.05, 4.69) is 19.7 Å². The van der Waals surface area contributed by atoms with Crippen molar-refractivity contribution >= 4 is 23.7 Å². The topological polar surface area (TPSA) is 148 Å². The molecule has 0 heterocycles. The highest BCUT2D eigenvalue weighted by molar-refractivity contribution is 6.05. The Hall–Kier alpha value is -2.52. The van der Waals surface area contributed by atoms with E-state index < -0.39 is 24.5 Å². The number of methoxy groups -OCH3 is 2. The molecule has 0 aromatic heterocycles. The van der Waals surface area contributed by atoms with Gasteiger partial charge in [0.1, 0.15) is 12.2 Å². The SMILES string of the molecule is COC(=O)O[C@H]1C[C@@H]2/C(=N\N)[C@H](OC(=O)OC)C[C@@H]2/C1=N\N. The van der Waals surface area contributed by atoms with E-state index in [4.69, 9.17) is 21.2 Å². The predicted octanol–water partition coefficient (Wildman–Crippen LogP) is -0.0412. The smallest absolute Gasteiger partial charge is 0.438 e. The molecular formula is C12H18N4O6. The number of ether oxygens (including phenoxy) is 4. The van der Waals surface area contributed by atoms with E-state index in [-0.39, 0.29) is 11.8 Å². The molecule has 0 unspecified atom stereocenters. The molecule has 2 fully saturated rings. The van der Waals surface area contributed by atoms with Crippen molar-refractivity contribution in [2.24, 2.45) is 33.7 Å². The molecule has 2 saturated carbocycles. The molecule has 122 valence electrons. The summed E-state index contributed by atoms with van der Waals surface area (Å²) < 4.78 is 19.2. The van der Waals surface area contributed by atoms with Gasteiger partial charge in [0, 0.05) is 11.8 Å². The normalized spacial score (nSPS) is 33.5. The third kappa shape index (κ3) is 2.76. The molecule has 10 nitrogen and oxygen atoms in total. The Bertz CT molecular complexity index is 474. The van der Waals surface area contributed by atoms with Crippen LogP contribution in [0.2, 0.25) is 0 Å². The largest absolute Gasteiger partial charge is 0.508 e. The van der Waals surface area contributed by atoms with Crippen LogP contribution in [0.5, 0.6) is 0 Å². The molecule has 2 aliphatic rings. The van der Waals surface area contributed by atoms with Crippen LogP contribution in [-0.2, 0) is 18.9 Å². The molecule has 0 radical (unpaired) electrons. The van der Waals surface area contributed by atoms with E-state index in [0.717, 1.165) is 0 Å². The average Bonchev–Trinajstić information content (AvgIpc) is 3.00. The quantitative estimate of drug-likeness (QED) is 0.409. The highest BCUT2D eigenvalue weighted by Crippen LogP contribution is 2.43. The van der Waals surface area contributed by atoms with Gasteiger partial charge in [0.2, 0.25) is 0 Å². The van der Waals surface area contributed by atoms with Gasteiger partial charge in [-0.3, -0.25) is 0 Å². The Morgan fingerprint density at radius 1 is 0.909 bits per heavy atom. The number of carbonyl (C=O) groups is 2. The molecule has 0 saturated heterocycles. The van der Waals surface area contributed by atoms with E-state index in [1.54, 1.807) is 0 Å². The summed E-state index contributed by atoms with van der Waals surface area (Å²) in [5.41, 5.74) is 0.986. The van der Waals surface area contributed by atoms with Crippen LogP contribution in [0.4, 0.5) is 9.59 Å². The number of carbonyl (C=O) groups excluding carboxylic acids is 2. The van der Waals surface area contributed by atoms with E-state index in [1.807, 2.05) is 0 Å². The van der Waals surface area contributed by atoms with Crippen LogP contribution in [0.3, 0.4) is 0 Å². The first-order chi connectivity index (χ1) is 10.5. The van der Waals surface area contributed by atoms with Gasteiger partial charge in [-0.25, -0.2) is 9.59 Å². The van der Waals surface area contributed by atoms with Crippen molar-refractivity contribution in [2.75, 3.05) is 14.2 Å². The fourth-order valence-corrected chi connectivity index (χ4v) is 3.07. The van der Waals surface area contributed by atoms with Crippen molar-refractivity contribution in [1.29, 1.82) is 0 Å². The maximum Gasteiger partial charge on any atom is 0.508 e. The standard InChI is InChI=1S/C12H18N4O6/c1-19-11(17)21-7-3-5-6(9(7)15-13)4-8(10(5)16-14)22-12(18)20-2/h5-8H,3-4,13-14H2,1-2H3/b15-9+,16-10+/t5-,6-,7-,8+/m0/s1. The molecule has 0 aromatic carbocycles. The number of hydrazone groups is 2. The molecule has 2 rings (SSSR count).